The first-order valence-corrected chi connectivity index (χ1v) is 5.97. The highest BCUT2D eigenvalue weighted by atomic mass is 19.1. The van der Waals surface area contributed by atoms with Crippen molar-refractivity contribution in [3.8, 4) is 11.1 Å². The number of benzene rings is 2. The molecule has 0 saturated heterocycles. The highest BCUT2D eigenvalue weighted by Gasteiger charge is 2.08. The van der Waals surface area contributed by atoms with Crippen LogP contribution in [0.25, 0.3) is 11.1 Å². The molecular weight excluding hydrogens is 227 g/mol. The van der Waals surface area contributed by atoms with Gasteiger partial charge in [0.25, 0.3) is 0 Å². The van der Waals surface area contributed by atoms with Crippen LogP contribution in [0.15, 0.2) is 42.5 Å². The van der Waals surface area contributed by atoms with Crippen LogP contribution in [0.1, 0.15) is 35.7 Å². The Bertz CT molecular complexity index is 573. The zero-order valence-corrected chi connectivity index (χ0v) is 10.5. The van der Waals surface area contributed by atoms with E-state index >= 15 is 0 Å². The highest BCUT2D eigenvalue weighted by Crippen LogP contribution is 2.27. The van der Waals surface area contributed by atoms with E-state index in [9.17, 15) is 9.18 Å². The van der Waals surface area contributed by atoms with Crippen molar-refractivity contribution in [3.63, 3.8) is 0 Å². The molecule has 0 aliphatic heterocycles. The molecule has 18 heavy (non-hydrogen) atoms. The van der Waals surface area contributed by atoms with Crippen molar-refractivity contribution in [2.45, 2.75) is 19.8 Å². The van der Waals surface area contributed by atoms with Gasteiger partial charge in [-0.3, -0.25) is 4.79 Å². The second-order valence-corrected chi connectivity index (χ2v) is 4.64. The van der Waals surface area contributed by atoms with Gasteiger partial charge in [0, 0.05) is 11.1 Å². The molecule has 0 bridgehead atoms. The van der Waals surface area contributed by atoms with E-state index in [-0.39, 0.29) is 5.82 Å². The van der Waals surface area contributed by atoms with Crippen LogP contribution in [-0.4, -0.2) is 6.29 Å². The third kappa shape index (κ3) is 2.48. The number of carbonyl (C=O) groups is 1. The highest BCUT2D eigenvalue weighted by molar-refractivity contribution is 5.79. The Hall–Kier alpha value is -1.96. The molecule has 0 aliphatic rings. The first-order valence-electron chi connectivity index (χ1n) is 5.97. The number of rotatable bonds is 3. The van der Waals surface area contributed by atoms with E-state index in [1.54, 1.807) is 24.3 Å². The average molecular weight is 242 g/mol. The van der Waals surface area contributed by atoms with Crippen molar-refractivity contribution >= 4 is 6.29 Å². The lowest BCUT2D eigenvalue weighted by Crippen LogP contribution is -1.92. The molecule has 0 amide bonds. The minimum atomic E-state index is -0.262. The number of halogens is 1. The minimum Gasteiger partial charge on any atom is -0.298 e. The summed E-state index contributed by atoms with van der Waals surface area (Å²) in [6.45, 7) is 4.14. The predicted octanol–water partition coefficient (Wildman–Crippen LogP) is 4.43. The van der Waals surface area contributed by atoms with Crippen molar-refractivity contribution < 1.29 is 9.18 Å². The van der Waals surface area contributed by atoms with Gasteiger partial charge in [0.05, 0.1) is 0 Å². The Morgan fingerprint density at radius 1 is 1.11 bits per heavy atom. The summed E-state index contributed by atoms with van der Waals surface area (Å²) in [6, 6.07) is 12.1. The van der Waals surface area contributed by atoms with Crippen molar-refractivity contribution in [1.82, 2.24) is 0 Å². The summed E-state index contributed by atoms with van der Waals surface area (Å²) in [6.07, 6.45) is 0.772. The van der Waals surface area contributed by atoms with Crippen LogP contribution in [0.3, 0.4) is 0 Å². The Morgan fingerprint density at radius 3 is 2.56 bits per heavy atom. The first-order chi connectivity index (χ1) is 8.61. The van der Waals surface area contributed by atoms with Crippen LogP contribution in [-0.2, 0) is 0 Å². The second kappa shape index (κ2) is 5.13. The number of carbonyl (C=O) groups excluding carboxylic acids is 1. The fourth-order valence-corrected chi connectivity index (χ4v) is 1.90. The fraction of sp³-hybridized carbons (Fsp3) is 0.188. The molecule has 0 aliphatic carbocycles. The average Bonchev–Trinajstić information content (AvgIpc) is 2.39. The molecule has 2 heteroatoms. The number of hydrogen-bond acceptors (Lipinski definition) is 1. The molecule has 0 spiro atoms. The van der Waals surface area contributed by atoms with Crippen molar-refractivity contribution in [2.24, 2.45) is 0 Å². The lowest BCUT2D eigenvalue weighted by Gasteiger charge is -2.10. The van der Waals surface area contributed by atoms with Gasteiger partial charge in [-0.25, -0.2) is 4.39 Å². The van der Waals surface area contributed by atoms with Crippen LogP contribution in [0.4, 0.5) is 4.39 Å². The Labute approximate surface area is 106 Å². The van der Waals surface area contributed by atoms with Gasteiger partial charge in [0.1, 0.15) is 12.1 Å². The number of hydrogen-bond donors (Lipinski definition) is 0. The molecule has 2 rings (SSSR count). The minimum absolute atomic E-state index is 0.262. The van der Waals surface area contributed by atoms with Gasteiger partial charge in [0.15, 0.2) is 0 Å². The van der Waals surface area contributed by atoms with Gasteiger partial charge < -0.3 is 0 Å². The topological polar surface area (TPSA) is 17.1 Å². The molecule has 0 atom stereocenters. The maximum atomic E-state index is 13.9. The van der Waals surface area contributed by atoms with E-state index in [0.717, 1.165) is 17.4 Å². The van der Waals surface area contributed by atoms with Gasteiger partial charge in [-0.2, -0.15) is 0 Å². The molecule has 2 aromatic carbocycles. The maximum Gasteiger partial charge on any atom is 0.150 e. The first kappa shape index (κ1) is 12.5. The van der Waals surface area contributed by atoms with Gasteiger partial charge >= 0.3 is 0 Å². The van der Waals surface area contributed by atoms with Crippen molar-refractivity contribution in [3.05, 3.63) is 59.4 Å². The monoisotopic (exact) mass is 242 g/mol. The molecule has 1 nitrogen and oxygen atoms in total. The summed E-state index contributed by atoms with van der Waals surface area (Å²) in [5.74, 6) is 0.0843. The van der Waals surface area contributed by atoms with Crippen molar-refractivity contribution in [1.29, 1.82) is 0 Å². The summed E-state index contributed by atoms with van der Waals surface area (Å²) < 4.78 is 13.9. The summed E-state index contributed by atoms with van der Waals surface area (Å²) in [5, 5.41) is 0. The van der Waals surface area contributed by atoms with E-state index in [2.05, 4.69) is 13.8 Å². The van der Waals surface area contributed by atoms with E-state index in [0.29, 0.717) is 17.0 Å². The zero-order valence-electron chi connectivity index (χ0n) is 10.5. The fourth-order valence-electron chi connectivity index (χ4n) is 1.90. The van der Waals surface area contributed by atoms with E-state index < -0.39 is 0 Å². The van der Waals surface area contributed by atoms with Crippen LogP contribution < -0.4 is 0 Å². The van der Waals surface area contributed by atoms with Crippen LogP contribution in [0, 0.1) is 5.82 Å². The summed E-state index contributed by atoms with van der Waals surface area (Å²) in [4.78, 5) is 10.8. The molecule has 0 radical (unpaired) electrons. The summed E-state index contributed by atoms with van der Waals surface area (Å²) in [5.41, 5.74) is 2.93. The molecular formula is C16H15FO. The molecule has 0 fully saturated rings. The molecule has 2 aromatic rings. The van der Waals surface area contributed by atoms with Gasteiger partial charge in [-0.15, -0.1) is 0 Å². The Kier molecular flexibility index (Phi) is 3.56. The van der Waals surface area contributed by atoms with Crippen LogP contribution >= 0.6 is 0 Å². The molecule has 92 valence electrons. The largest absolute Gasteiger partial charge is 0.298 e. The zero-order chi connectivity index (χ0) is 13.1. The molecule has 0 saturated carbocycles. The lowest BCUT2D eigenvalue weighted by molar-refractivity contribution is 0.112. The Balaban J connectivity index is 2.54. The quantitative estimate of drug-likeness (QED) is 0.728. The summed E-state index contributed by atoms with van der Waals surface area (Å²) >= 11 is 0. The second-order valence-electron chi connectivity index (χ2n) is 4.64. The van der Waals surface area contributed by atoms with Crippen LogP contribution in [0.5, 0.6) is 0 Å². The SMILES string of the molecule is CC(C)c1ccc(F)c(-c2cccc(C=O)c2)c1. The van der Waals surface area contributed by atoms with Crippen LogP contribution in [0.2, 0.25) is 0 Å². The van der Waals surface area contributed by atoms with Gasteiger partial charge in [0.2, 0.25) is 0 Å². The van der Waals surface area contributed by atoms with Gasteiger partial charge in [-0.05, 0) is 35.2 Å². The normalized spacial score (nSPS) is 10.7. The third-order valence-electron chi connectivity index (χ3n) is 2.99. The predicted molar refractivity (Wildman–Crippen MR) is 71.3 cm³/mol. The van der Waals surface area contributed by atoms with Gasteiger partial charge in [-0.1, -0.05) is 38.1 Å². The standard InChI is InChI=1S/C16H15FO/c1-11(2)13-6-7-16(17)15(9-13)14-5-3-4-12(8-14)10-18/h3-11H,1-2H3. The summed E-state index contributed by atoms with van der Waals surface area (Å²) in [7, 11) is 0. The molecule has 0 unspecified atom stereocenters. The maximum absolute atomic E-state index is 13.9. The third-order valence-corrected chi connectivity index (χ3v) is 2.99. The van der Waals surface area contributed by atoms with E-state index in [1.807, 2.05) is 12.1 Å². The molecule has 0 N–H and O–H groups in total. The van der Waals surface area contributed by atoms with Crippen molar-refractivity contribution in [2.75, 3.05) is 0 Å². The lowest BCUT2D eigenvalue weighted by atomic mass is 9.96. The number of aldehydes is 1. The molecule has 0 heterocycles. The van der Waals surface area contributed by atoms with E-state index in [1.165, 1.54) is 6.07 Å². The smallest absolute Gasteiger partial charge is 0.150 e. The molecule has 0 aromatic heterocycles. The Morgan fingerprint density at radius 2 is 1.89 bits per heavy atom. The van der Waals surface area contributed by atoms with E-state index in [4.69, 9.17) is 0 Å².